The highest BCUT2D eigenvalue weighted by molar-refractivity contribution is 5.73. The molecule has 0 spiro atoms. The van der Waals surface area contributed by atoms with Crippen molar-refractivity contribution in [1.29, 1.82) is 0 Å². The van der Waals surface area contributed by atoms with Gasteiger partial charge in [-0.15, -0.1) is 0 Å². The van der Waals surface area contributed by atoms with Crippen molar-refractivity contribution in [1.82, 2.24) is 0 Å². The number of ether oxygens (including phenoxy) is 2. The van der Waals surface area contributed by atoms with E-state index in [1.807, 2.05) is 13.8 Å². The lowest BCUT2D eigenvalue weighted by atomic mass is 10.2. The third kappa shape index (κ3) is 9.11. The minimum Gasteiger partial charge on any atom is -0.447 e. The molecule has 0 saturated carbocycles. The summed E-state index contributed by atoms with van der Waals surface area (Å²) in [5, 5.41) is 6.15. The summed E-state index contributed by atoms with van der Waals surface area (Å²) in [5.74, 6) is 0.209. The average molecular weight is 230 g/mol. The van der Waals surface area contributed by atoms with Crippen molar-refractivity contribution in [2.24, 2.45) is 16.1 Å². The van der Waals surface area contributed by atoms with Crippen LogP contribution in [0.3, 0.4) is 0 Å². The molecule has 6 heteroatoms. The Kier molecular flexibility index (Phi) is 5.63. The molecule has 0 aromatic rings. The van der Waals surface area contributed by atoms with Crippen molar-refractivity contribution in [2.75, 3.05) is 6.61 Å². The summed E-state index contributed by atoms with van der Waals surface area (Å²) in [4.78, 5) is 21.9. The topological polar surface area (TPSA) is 77.3 Å². The lowest BCUT2D eigenvalue weighted by molar-refractivity contribution is 0.0585. The molecule has 0 saturated heterocycles. The highest BCUT2D eigenvalue weighted by Gasteiger charge is 2.16. The Morgan fingerprint density at radius 3 is 2.06 bits per heavy atom. The van der Waals surface area contributed by atoms with Crippen LogP contribution in [0.15, 0.2) is 10.2 Å². The van der Waals surface area contributed by atoms with Crippen LogP contribution in [0.5, 0.6) is 0 Å². The number of hydrogen-bond donors (Lipinski definition) is 0. The molecule has 6 nitrogen and oxygen atoms in total. The van der Waals surface area contributed by atoms with Crippen molar-refractivity contribution in [2.45, 2.75) is 40.2 Å². The summed E-state index contributed by atoms with van der Waals surface area (Å²) < 4.78 is 9.48. The van der Waals surface area contributed by atoms with Gasteiger partial charge in [-0.1, -0.05) is 24.1 Å². The predicted octanol–water partition coefficient (Wildman–Crippen LogP) is 3.17. The van der Waals surface area contributed by atoms with Crippen LogP contribution in [0.4, 0.5) is 9.59 Å². The van der Waals surface area contributed by atoms with Gasteiger partial charge >= 0.3 is 12.2 Å². The van der Waals surface area contributed by atoms with Gasteiger partial charge in [0.2, 0.25) is 0 Å². The van der Waals surface area contributed by atoms with Gasteiger partial charge in [0.05, 0.1) is 6.61 Å². The molecule has 2 amide bonds. The molecule has 0 aliphatic carbocycles. The van der Waals surface area contributed by atoms with Crippen LogP contribution < -0.4 is 0 Å². The molecule has 0 fully saturated rings. The Morgan fingerprint density at radius 2 is 1.62 bits per heavy atom. The standard InChI is InChI=1S/C10H18N2O4/c1-7(2)6-15-8(13)11-12-9(14)16-10(3,4)5/h7H,6H2,1-5H3. The molecule has 0 heterocycles. The molecule has 0 unspecified atom stereocenters. The number of carbonyl (C=O) groups is 2. The Labute approximate surface area is 95.0 Å². The van der Waals surface area contributed by atoms with E-state index in [4.69, 9.17) is 4.74 Å². The molecule has 0 N–H and O–H groups in total. The first-order valence-corrected chi connectivity index (χ1v) is 5.02. The maximum absolute atomic E-state index is 11.0. The van der Waals surface area contributed by atoms with Gasteiger partial charge in [-0.25, -0.2) is 9.59 Å². The first-order chi connectivity index (χ1) is 7.20. The number of carbonyl (C=O) groups excluding carboxylic acids is 2. The van der Waals surface area contributed by atoms with Crippen LogP contribution in [0, 0.1) is 5.92 Å². The first kappa shape index (κ1) is 14.5. The molecule has 0 radical (unpaired) electrons. The number of nitrogens with zero attached hydrogens (tertiary/aromatic N) is 2. The van der Waals surface area contributed by atoms with Gasteiger partial charge in [0.25, 0.3) is 0 Å². The third-order valence-electron chi connectivity index (χ3n) is 1.15. The van der Waals surface area contributed by atoms with Crippen LogP contribution in [-0.4, -0.2) is 24.4 Å². The van der Waals surface area contributed by atoms with E-state index in [-0.39, 0.29) is 12.5 Å². The number of hydrogen-bond acceptors (Lipinski definition) is 4. The van der Waals surface area contributed by atoms with Crippen LogP contribution in [-0.2, 0) is 9.47 Å². The molecule has 0 aliphatic rings. The molecule has 16 heavy (non-hydrogen) atoms. The molecular formula is C10H18N2O4. The van der Waals surface area contributed by atoms with Gasteiger partial charge in [-0.2, -0.15) is 0 Å². The molecule has 0 atom stereocenters. The predicted molar refractivity (Wildman–Crippen MR) is 57.3 cm³/mol. The zero-order valence-corrected chi connectivity index (χ0v) is 10.3. The summed E-state index contributed by atoms with van der Waals surface area (Å²) in [6, 6.07) is 0. The quantitative estimate of drug-likeness (QED) is 0.682. The fourth-order valence-electron chi connectivity index (χ4n) is 0.631. The highest BCUT2D eigenvalue weighted by atomic mass is 16.6. The van der Waals surface area contributed by atoms with Crippen LogP contribution in [0.1, 0.15) is 34.6 Å². The number of amides is 2. The molecular weight excluding hydrogens is 212 g/mol. The zero-order chi connectivity index (χ0) is 12.8. The van der Waals surface area contributed by atoms with Crippen LogP contribution >= 0.6 is 0 Å². The van der Waals surface area contributed by atoms with E-state index in [2.05, 4.69) is 15.0 Å². The van der Waals surface area contributed by atoms with E-state index in [1.165, 1.54) is 0 Å². The second-order valence-corrected chi connectivity index (χ2v) is 4.65. The normalized spacial score (nSPS) is 11.9. The average Bonchev–Trinajstić information content (AvgIpc) is 2.08. The van der Waals surface area contributed by atoms with E-state index in [0.717, 1.165) is 0 Å². The van der Waals surface area contributed by atoms with Crippen molar-refractivity contribution in [3.63, 3.8) is 0 Å². The van der Waals surface area contributed by atoms with Crippen LogP contribution in [0.25, 0.3) is 0 Å². The van der Waals surface area contributed by atoms with Crippen molar-refractivity contribution in [3.05, 3.63) is 0 Å². The van der Waals surface area contributed by atoms with Gasteiger partial charge in [0, 0.05) is 0 Å². The second-order valence-electron chi connectivity index (χ2n) is 4.65. The molecule has 0 rings (SSSR count). The minimum atomic E-state index is -0.908. The smallest absolute Gasteiger partial charge is 0.447 e. The van der Waals surface area contributed by atoms with Gasteiger partial charge in [-0.3, -0.25) is 0 Å². The summed E-state index contributed by atoms with van der Waals surface area (Å²) in [6.07, 6.45) is -1.80. The fourth-order valence-corrected chi connectivity index (χ4v) is 0.631. The van der Waals surface area contributed by atoms with E-state index < -0.39 is 17.8 Å². The Hall–Kier alpha value is -1.46. The Morgan fingerprint density at radius 1 is 1.12 bits per heavy atom. The lowest BCUT2D eigenvalue weighted by Gasteiger charge is -2.16. The van der Waals surface area contributed by atoms with Gasteiger partial charge < -0.3 is 9.47 Å². The second kappa shape index (κ2) is 6.19. The first-order valence-electron chi connectivity index (χ1n) is 5.02. The lowest BCUT2D eigenvalue weighted by Crippen LogP contribution is -2.21. The van der Waals surface area contributed by atoms with Gasteiger partial charge in [-0.05, 0) is 26.7 Å². The monoisotopic (exact) mass is 230 g/mol. The van der Waals surface area contributed by atoms with E-state index in [1.54, 1.807) is 20.8 Å². The zero-order valence-electron chi connectivity index (χ0n) is 10.3. The van der Waals surface area contributed by atoms with E-state index in [9.17, 15) is 9.59 Å². The molecule has 0 aromatic carbocycles. The third-order valence-corrected chi connectivity index (χ3v) is 1.15. The summed E-state index contributed by atoms with van der Waals surface area (Å²) in [5.41, 5.74) is -0.655. The number of rotatable bonds is 2. The Bertz CT molecular complexity index is 279. The minimum absolute atomic E-state index is 0.209. The Balaban J connectivity index is 3.99. The van der Waals surface area contributed by atoms with Crippen molar-refractivity contribution < 1.29 is 19.1 Å². The maximum atomic E-state index is 11.0. The van der Waals surface area contributed by atoms with E-state index >= 15 is 0 Å². The van der Waals surface area contributed by atoms with Gasteiger partial charge in [0.1, 0.15) is 5.60 Å². The molecule has 92 valence electrons. The largest absolute Gasteiger partial charge is 0.453 e. The van der Waals surface area contributed by atoms with Crippen LogP contribution in [0.2, 0.25) is 0 Å². The SMILES string of the molecule is CC(C)COC(=O)N=NC(=O)OC(C)(C)C. The molecule has 0 aromatic heterocycles. The van der Waals surface area contributed by atoms with E-state index in [0.29, 0.717) is 0 Å². The molecule has 0 bridgehead atoms. The summed E-state index contributed by atoms with van der Waals surface area (Å²) in [7, 11) is 0. The maximum Gasteiger partial charge on any atom is 0.453 e. The fraction of sp³-hybridized carbons (Fsp3) is 0.800. The van der Waals surface area contributed by atoms with Crippen molar-refractivity contribution >= 4 is 12.2 Å². The summed E-state index contributed by atoms with van der Waals surface area (Å²) >= 11 is 0. The number of azo groups is 1. The molecule has 0 aliphatic heterocycles. The van der Waals surface area contributed by atoms with Gasteiger partial charge in [0.15, 0.2) is 0 Å². The highest BCUT2D eigenvalue weighted by Crippen LogP contribution is 2.08. The van der Waals surface area contributed by atoms with Crippen molar-refractivity contribution in [3.8, 4) is 0 Å². The summed E-state index contributed by atoms with van der Waals surface area (Å²) in [6.45, 7) is 9.09.